The quantitative estimate of drug-likeness (QED) is 0.806. The Morgan fingerprint density at radius 2 is 2.00 bits per heavy atom. The first-order chi connectivity index (χ1) is 12.1. The maximum absolute atomic E-state index is 12.3. The highest BCUT2D eigenvalue weighted by Gasteiger charge is 2.27. The van der Waals surface area contributed by atoms with Crippen molar-refractivity contribution in [3.63, 3.8) is 0 Å². The molecule has 6 nitrogen and oxygen atoms in total. The van der Waals surface area contributed by atoms with E-state index in [9.17, 15) is 9.59 Å². The molecule has 0 unspecified atom stereocenters. The Morgan fingerprint density at radius 1 is 1.24 bits per heavy atom. The number of carbonyl (C=O) groups excluding carboxylic acids is 2. The van der Waals surface area contributed by atoms with Crippen molar-refractivity contribution in [3.05, 3.63) is 23.8 Å². The maximum Gasteiger partial charge on any atom is 0.265 e. The van der Waals surface area contributed by atoms with Crippen molar-refractivity contribution in [2.45, 2.75) is 32.6 Å². The maximum atomic E-state index is 12.3. The average Bonchev–Trinajstić information content (AvgIpc) is 2.86. The fraction of sp³-hybridized carbons (Fsp3) is 0.579. The standard InChI is InChI=1S/C19H27N3O3/c1-15-6-7-17-16(12-15)22(19(24)14-25-17)13-18(23)20-8-11-21-9-4-2-3-5-10-21/h6-7,12H,2-5,8-11,13-14H2,1H3,(H,20,23)/p+1. The normalized spacial score (nSPS) is 18.3. The van der Waals surface area contributed by atoms with Crippen LogP contribution in [0.4, 0.5) is 5.69 Å². The zero-order valence-corrected chi connectivity index (χ0v) is 15.0. The van der Waals surface area contributed by atoms with Crippen LogP contribution in [0.2, 0.25) is 0 Å². The van der Waals surface area contributed by atoms with Gasteiger partial charge in [0.15, 0.2) is 6.61 Å². The number of hydrogen-bond donors (Lipinski definition) is 2. The summed E-state index contributed by atoms with van der Waals surface area (Å²) in [5.41, 5.74) is 1.72. The van der Waals surface area contributed by atoms with Gasteiger partial charge in [-0.3, -0.25) is 14.5 Å². The number of ether oxygens (including phenoxy) is 1. The smallest absolute Gasteiger partial charge is 0.265 e. The first-order valence-electron chi connectivity index (χ1n) is 9.27. The largest absolute Gasteiger partial charge is 0.482 e. The molecule has 1 saturated heterocycles. The Kier molecular flexibility index (Phi) is 5.91. The minimum absolute atomic E-state index is 0.0126. The summed E-state index contributed by atoms with van der Waals surface area (Å²) in [6.45, 7) is 6.01. The number of benzene rings is 1. The van der Waals surface area contributed by atoms with E-state index in [1.807, 2.05) is 25.1 Å². The molecule has 25 heavy (non-hydrogen) atoms. The predicted molar refractivity (Wildman–Crippen MR) is 96.1 cm³/mol. The molecule has 2 heterocycles. The SMILES string of the molecule is Cc1ccc2c(c1)N(CC(=O)NCC[NH+]1CCCCCC1)C(=O)CO2. The molecule has 2 aliphatic heterocycles. The zero-order chi connectivity index (χ0) is 17.6. The van der Waals surface area contributed by atoms with Gasteiger partial charge < -0.3 is 15.0 Å². The fourth-order valence-corrected chi connectivity index (χ4v) is 3.54. The third-order valence-electron chi connectivity index (χ3n) is 4.97. The van der Waals surface area contributed by atoms with Crippen molar-refractivity contribution < 1.29 is 19.2 Å². The molecule has 1 aromatic rings. The summed E-state index contributed by atoms with van der Waals surface area (Å²) in [6, 6.07) is 5.68. The van der Waals surface area contributed by atoms with E-state index in [2.05, 4.69) is 5.32 Å². The second kappa shape index (κ2) is 8.34. The van der Waals surface area contributed by atoms with Crippen LogP contribution in [0, 0.1) is 6.92 Å². The van der Waals surface area contributed by atoms with Crippen LogP contribution in [0.5, 0.6) is 5.75 Å². The first-order valence-corrected chi connectivity index (χ1v) is 9.27. The molecular formula is C19H28N3O3+. The lowest BCUT2D eigenvalue weighted by atomic mass is 10.1. The third-order valence-corrected chi connectivity index (χ3v) is 4.97. The minimum atomic E-state index is -0.175. The molecule has 0 saturated carbocycles. The molecule has 2 amide bonds. The van der Waals surface area contributed by atoms with Crippen LogP contribution in [-0.2, 0) is 9.59 Å². The Hall–Kier alpha value is -2.08. The van der Waals surface area contributed by atoms with Gasteiger partial charge in [0.2, 0.25) is 5.91 Å². The Bertz CT molecular complexity index is 624. The summed E-state index contributed by atoms with van der Waals surface area (Å²) >= 11 is 0. The molecule has 6 heteroatoms. The molecule has 0 aliphatic carbocycles. The first kappa shape index (κ1) is 17.7. The Labute approximate surface area is 149 Å². The number of rotatable bonds is 5. The number of fused-ring (bicyclic) bond motifs is 1. The second-order valence-electron chi connectivity index (χ2n) is 7.00. The van der Waals surface area contributed by atoms with Crippen LogP contribution < -0.4 is 19.9 Å². The van der Waals surface area contributed by atoms with Gasteiger partial charge in [0.1, 0.15) is 12.3 Å². The van der Waals surface area contributed by atoms with Crippen molar-refractivity contribution in [1.82, 2.24) is 5.32 Å². The molecule has 136 valence electrons. The van der Waals surface area contributed by atoms with Gasteiger partial charge in [-0.2, -0.15) is 0 Å². The number of likely N-dealkylation sites (tertiary alicyclic amines) is 1. The number of quaternary nitrogens is 1. The molecule has 0 aromatic heterocycles. The Morgan fingerprint density at radius 3 is 2.76 bits per heavy atom. The number of amides is 2. The van der Waals surface area contributed by atoms with Gasteiger partial charge in [0, 0.05) is 0 Å². The number of nitrogens with zero attached hydrogens (tertiary/aromatic N) is 1. The van der Waals surface area contributed by atoms with E-state index in [-0.39, 0.29) is 25.0 Å². The molecule has 1 fully saturated rings. The summed E-state index contributed by atoms with van der Waals surface area (Å²) in [7, 11) is 0. The highest BCUT2D eigenvalue weighted by molar-refractivity contribution is 6.02. The number of carbonyl (C=O) groups is 2. The molecular weight excluding hydrogens is 318 g/mol. The van der Waals surface area contributed by atoms with Crippen molar-refractivity contribution in [2.24, 2.45) is 0 Å². The van der Waals surface area contributed by atoms with Gasteiger partial charge in [-0.05, 0) is 50.3 Å². The molecule has 0 bridgehead atoms. The molecule has 1 aromatic carbocycles. The van der Waals surface area contributed by atoms with Gasteiger partial charge in [-0.1, -0.05) is 6.07 Å². The lowest BCUT2D eigenvalue weighted by Gasteiger charge is -2.29. The summed E-state index contributed by atoms with van der Waals surface area (Å²) in [5.74, 6) is 0.371. The molecule has 2 aliphatic rings. The minimum Gasteiger partial charge on any atom is -0.482 e. The summed E-state index contributed by atoms with van der Waals surface area (Å²) in [6.07, 6.45) is 5.21. The summed E-state index contributed by atoms with van der Waals surface area (Å²) < 4.78 is 5.45. The molecule has 3 rings (SSSR count). The topological polar surface area (TPSA) is 63.1 Å². The van der Waals surface area contributed by atoms with Gasteiger partial charge in [0.05, 0.1) is 31.9 Å². The van der Waals surface area contributed by atoms with E-state index in [4.69, 9.17) is 4.74 Å². The number of anilines is 1. The van der Waals surface area contributed by atoms with Crippen molar-refractivity contribution in [1.29, 1.82) is 0 Å². The van der Waals surface area contributed by atoms with Gasteiger partial charge in [-0.25, -0.2) is 0 Å². The number of nitrogens with one attached hydrogen (secondary N) is 2. The number of aryl methyl sites for hydroxylation is 1. The van der Waals surface area contributed by atoms with Crippen molar-refractivity contribution in [3.8, 4) is 5.75 Å². The fourth-order valence-electron chi connectivity index (χ4n) is 3.54. The van der Waals surface area contributed by atoms with Crippen molar-refractivity contribution in [2.75, 3.05) is 44.2 Å². The second-order valence-corrected chi connectivity index (χ2v) is 7.00. The molecule has 2 N–H and O–H groups in total. The van der Waals surface area contributed by atoms with Crippen LogP contribution in [0.3, 0.4) is 0 Å². The summed E-state index contributed by atoms with van der Waals surface area (Å²) in [5, 5.41) is 2.97. The van der Waals surface area contributed by atoms with Crippen LogP contribution in [0.25, 0.3) is 0 Å². The summed E-state index contributed by atoms with van der Waals surface area (Å²) in [4.78, 5) is 27.6. The monoisotopic (exact) mass is 346 g/mol. The predicted octanol–water partition coefficient (Wildman–Crippen LogP) is 0.296. The van der Waals surface area contributed by atoms with E-state index in [0.717, 1.165) is 12.1 Å². The van der Waals surface area contributed by atoms with E-state index in [1.54, 1.807) is 4.90 Å². The van der Waals surface area contributed by atoms with Crippen LogP contribution in [-0.4, -0.2) is 51.1 Å². The van der Waals surface area contributed by atoms with Crippen LogP contribution >= 0.6 is 0 Å². The van der Waals surface area contributed by atoms with Crippen molar-refractivity contribution >= 4 is 17.5 Å². The number of hydrogen-bond acceptors (Lipinski definition) is 3. The van der Waals surface area contributed by atoms with Gasteiger partial charge >= 0.3 is 0 Å². The highest BCUT2D eigenvalue weighted by atomic mass is 16.5. The lowest BCUT2D eigenvalue weighted by molar-refractivity contribution is -0.898. The molecule has 0 spiro atoms. The van der Waals surface area contributed by atoms with Gasteiger partial charge in [-0.15, -0.1) is 0 Å². The average molecular weight is 346 g/mol. The van der Waals surface area contributed by atoms with Gasteiger partial charge in [0.25, 0.3) is 5.91 Å². The van der Waals surface area contributed by atoms with Crippen LogP contribution in [0.1, 0.15) is 31.2 Å². The molecule has 0 radical (unpaired) electrons. The highest BCUT2D eigenvalue weighted by Crippen LogP contribution is 2.32. The van der Waals surface area contributed by atoms with Crippen LogP contribution in [0.15, 0.2) is 18.2 Å². The van der Waals surface area contributed by atoms with E-state index in [0.29, 0.717) is 18.0 Å². The molecule has 0 atom stereocenters. The third kappa shape index (κ3) is 4.72. The zero-order valence-electron chi connectivity index (χ0n) is 15.0. The van der Waals surface area contributed by atoms with E-state index >= 15 is 0 Å². The Balaban J connectivity index is 1.52. The van der Waals surface area contributed by atoms with E-state index < -0.39 is 0 Å². The van der Waals surface area contributed by atoms with E-state index in [1.165, 1.54) is 43.7 Å². The lowest BCUT2D eigenvalue weighted by Crippen LogP contribution is -3.12.